The predicted octanol–water partition coefficient (Wildman–Crippen LogP) is 25.7. The summed E-state index contributed by atoms with van der Waals surface area (Å²) in [6, 6.07) is 63.5. The molecule has 0 amide bonds. The largest absolute Gasteiger partial charge is 3.00 e. The van der Waals surface area contributed by atoms with Gasteiger partial charge in [0.15, 0.2) is 0 Å². The maximum Gasteiger partial charge on any atom is 3.00 e. The van der Waals surface area contributed by atoms with Crippen LogP contribution in [-0.4, -0.2) is 57.5 Å². The number of carbonyl (C=O) groups excluding carboxylic acids is 3. The smallest absolute Gasteiger partial charge is 0.545 e. The molecule has 0 spiro atoms. The Morgan fingerprint density at radius 2 is 0.356 bits per heavy atom. The summed E-state index contributed by atoms with van der Waals surface area (Å²) in [5.41, 5.74) is 11.0. The standard InChI is InChI=1S/3C35H46O4.Eu/c3*1-5-9-11-26(7-3)24-38-33-17-13-28(14-18-33)30-21-31(23-32(22-30)35(36)37)29-15-19-34(20-16-29)39-25-27(8-4)12-10-6-2;/h3*13-23,26-27H,5-12,24-25H2,1-4H3,(H,36,37);/q;;;+3/p-3. The number of ether oxygens (including phenoxy) is 6. The Labute approximate surface area is 749 Å². The van der Waals surface area contributed by atoms with E-state index in [1.165, 1.54) is 116 Å². The topological polar surface area (TPSA) is 176 Å². The molecule has 0 radical (unpaired) electrons. The van der Waals surface area contributed by atoms with Crippen molar-refractivity contribution < 1.29 is 108 Å². The van der Waals surface area contributed by atoms with Gasteiger partial charge in [0.2, 0.25) is 0 Å². The van der Waals surface area contributed by atoms with Crippen molar-refractivity contribution >= 4 is 17.9 Å². The number of carboxylic acids is 3. The van der Waals surface area contributed by atoms with Crippen molar-refractivity contribution in [3.8, 4) is 101 Å². The van der Waals surface area contributed by atoms with Crippen molar-refractivity contribution in [2.45, 2.75) is 237 Å². The van der Waals surface area contributed by atoms with Crippen LogP contribution in [0.3, 0.4) is 0 Å². The first-order valence-corrected chi connectivity index (χ1v) is 44.4. The third kappa shape index (κ3) is 34.1. The molecule has 9 rings (SSSR count). The van der Waals surface area contributed by atoms with E-state index in [0.29, 0.717) is 35.5 Å². The van der Waals surface area contributed by atoms with Crippen molar-refractivity contribution in [2.75, 3.05) is 39.6 Å². The molecule has 9 aromatic carbocycles. The van der Waals surface area contributed by atoms with E-state index in [0.717, 1.165) is 179 Å². The molecule has 12 nitrogen and oxygen atoms in total. The average Bonchev–Trinajstić information content (AvgIpc) is 0.817. The number of carboxylic acid groups (broad SMARTS) is 3. The number of rotatable bonds is 51. The molecule has 634 valence electrons. The molecule has 0 saturated heterocycles. The summed E-state index contributed by atoms with van der Waals surface area (Å²) in [6.07, 6.45) is 28.4. The van der Waals surface area contributed by atoms with E-state index in [9.17, 15) is 29.7 Å². The maximum atomic E-state index is 11.8. The van der Waals surface area contributed by atoms with Gasteiger partial charge in [-0.25, -0.2) is 0 Å². The molecule has 0 aliphatic heterocycles. The van der Waals surface area contributed by atoms with Gasteiger partial charge in [0, 0.05) is 0 Å². The third-order valence-electron chi connectivity index (χ3n) is 22.8. The summed E-state index contributed by atoms with van der Waals surface area (Å²) in [4.78, 5) is 35.5. The minimum atomic E-state index is -1.19. The molecule has 0 fully saturated rings. The number of unbranched alkanes of at least 4 members (excludes halogenated alkanes) is 6. The molecule has 9 aromatic rings. The van der Waals surface area contributed by atoms with Crippen LogP contribution in [-0.2, 0) is 0 Å². The van der Waals surface area contributed by atoms with Crippen LogP contribution >= 0.6 is 0 Å². The second-order valence-electron chi connectivity index (χ2n) is 31.8. The average molecular weight is 1740 g/mol. The molecule has 0 N–H and O–H groups in total. The second-order valence-corrected chi connectivity index (χ2v) is 31.8. The Balaban J connectivity index is 0.000000274. The van der Waals surface area contributed by atoms with Gasteiger partial charge < -0.3 is 58.1 Å². The monoisotopic (exact) mass is 1740 g/mol. The molecule has 0 aliphatic rings. The van der Waals surface area contributed by atoms with Crippen molar-refractivity contribution in [2.24, 2.45) is 35.5 Å². The molecule has 0 bridgehead atoms. The molecule has 6 atom stereocenters. The molecule has 0 aliphatic carbocycles. The van der Waals surface area contributed by atoms with Crippen molar-refractivity contribution in [3.63, 3.8) is 0 Å². The van der Waals surface area contributed by atoms with Gasteiger partial charge >= 0.3 is 49.4 Å². The summed E-state index contributed by atoms with van der Waals surface area (Å²) in [7, 11) is 0. The number of hydrogen-bond acceptors (Lipinski definition) is 12. The zero-order valence-corrected chi connectivity index (χ0v) is 75.4. The number of benzene rings is 9. The van der Waals surface area contributed by atoms with Gasteiger partial charge in [0.1, 0.15) is 34.5 Å². The van der Waals surface area contributed by atoms with Crippen molar-refractivity contribution in [3.05, 3.63) is 217 Å². The molecule has 0 aromatic heterocycles. The Morgan fingerprint density at radius 3 is 0.466 bits per heavy atom. The summed E-state index contributed by atoms with van der Waals surface area (Å²) in [5.74, 6) is 4.85. The van der Waals surface area contributed by atoms with E-state index < -0.39 is 17.9 Å². The fraction of sp³-hybridized carbons (Fsp3) is 0.457. The third-order valence-corrected chi connectivity index (χ3v) is 22.8. The molecular weight excluding hydrogens is 1610 g/mol. The fourth-order valence-corrected chi connectivity index (χ4v) is 14.4. The van der Waals surface area contributed by atoms with E-state index in [1.807, 2.05) is 164 Å². The van der Waals surface area contributed by atoms with Crippen LogP contribution in [0.15, 0.2) is 200 Å². The van der Waals surface area contributed by atoms with Crippen LogP contribution in [0.4, 0.5) is 0 Å². The predicted molar refractivity (Wildman–Crippen MR) is 478 cm³/mol. The minimum Gasteiger partial charge on any atom is -0.545 e. The molecule has 6 unspecified atom stereocenters. The zero-order valence-electron chi connectivity index (χ0n) is 73.0. The van der Waals surface area contributed by atoms with Gasteiger partial charge in [0.05, 0.1) is 57.5 Å². The molecule has 0 saturated carbocycles. The SMILES string of the molecule is CCCCC(CC)COc1ccc(-c2cc(C(=O)[O-])cc(-c3ccc(OCC(CC)CCCC)cc3)c2)cc1.CCCCC(CC)COc1ccc(-c2cc(C(=O)[O-])cc(-c3ccc(OCC(CC)CCCC)cc3)c2)cc1.CCCCC(CC)COc1ccc(-c2cc(C(=O)[O-])cc(-c3ccc(OCC(CC)CCCC)cc3)c2)cc1.[Eu+3]. The van der Waals surface area contributed by atoms with Gasteiger partial charge in [-0.05, 0) is 285 Å². The fourth-order valence-electron chi connectivity index (χ4n) is 14.4. The Kier molecular flexibility index (Phi) is 46.4. The Hall–Kier alpha value is -8.23. The first-order chi connectivity index (χ1) is 56.9. The number of carbonyl (C=O) groups is 3. The summed E-state index contributed by atoms with van der Waals surface area (Å²) >= 11 is 0. The quantitative estimate of drug-likeness (QED) is 0.0353. The maximum absolute atomic E-state index is 11.8. The Bertz CT molecular complexity index is 3600. The van der Waals surface area contributed by atoms with Crippen molar-refractivity contribution in [1.29, 1.82) is 0 Å². The second kappa shape index (κ2) is 55.6. The zero-order chi connectivity index (χ0) is 84.1. The summed E-state index contributed by atoms with van der Waals surface area (Å²) in [5, 5.41) is 35.5. The first-order valence-electron chi connectivity index (χ1n) is 44.4. The van der Waals surface area contributed by atoms with Crippen LogP contribution in [0.5, 0.6) is 34.5 Å². The van der Waals surface area contributed by atoms with Gasteiger partial charge in [-0.1, -0.05) is 271 Å². The van der Waals surface area contributed by atoms with Crippen molar-refractivity contribution in [1.82, 2.24) is 0 Å². The molecule has 13 heteroatoms. The molecule has 0 heterocycles. The van der Waals surface area contributed by atoms with Crippen LogP contribution in [0, 0.1) is 84.9 Å². The van der Waals surface area contributed by atoms with Crippen LogP contribution in [0.25, 0.3) is 66.8 Å². The van der Waals surface area contributed by atoms with Crippen LogP contribution < -0.4 is 43.7 Å². The summed E-state index contributed by atoms with van der Waals surface area (Å²) in [6.45, 7) is 30.9. The normalized spacial score (nSPS) is 12.5. The van der Waals surface area contributed by atoms with Gasteiger partial charge in [-0.15, -0.1) is 0 Å². The van der Waals surface area contributed by atoms with Gasteiger partial charge in [0.25, 0.3) is 0 Å². The van der Waals surface area contributed by atoms with Crippen LogP contribution in [0.2, 0.25) is 0 Å². The van der Waals surface area contributed by atoms with Gasteiger partial charge in [-0.2, -0.15) is 0 Å². The summed E-state index contributed by atoms with van der Waals surface area (Å²) < 4.78 is 36.3. The number of hydrogen-bond donors (Lipinski definition) is 0. The Morgan fingerprint density at radius 1 is 0.220 bits per heavy atom. The van der Waals surface area contributed by atoms with E-state index >= 15 is 0 Å². The number of aromatic carboxylic acids is 3. The van der Waals surface area contributed by atoms with Gasteiger partial charge in [-0.3, -0.25) is 0 Å². The van der Waals surface area contributed by atoms with Crippen LogP contribution in [0.1, 0.15) is 268 Å². The molecule has 118 heavy (non-hydrogen) atoms. The van der Waals surface area contributed by atoms with E-state index in [1.54, 1.807) is 36.4 Å². The van der Waals surface area contributed by atoms with E-state index in [-0.39, 0.29) is 66.1 Å². The molecular formula is C105H135EuO12. The minimum absolute atomic E-state index is 0. The first kappa shape index (κ1) is 98.6. The van der Waals surface area contributed by atoms with E-state index in [4.69, 9.17) is 28.4 Å². The van der Waals surface area contributed by atoms with E-state index in [2.05, 4.69) is 83.1 Å².